The van der Waals surface area contributed by atoms with E-state index in [-0.39, 0.29) is 0 Å². The molecule has 0 aliphatic heterocycles. The van der Waals surface area contributed by atoms with Crippen LogP contribution >= 0.6 is 11.8 Å². The molecule has 28 heavy (non-hydrogen) atoms. The molecule has 0 atom stereocenters. The molecule has 1 N–H and O–H groups in total. The highest BCUT2D eigenvalue weighted by molar-refractivity contribution is 7.98. The average Bonchev–Trinajstić information content (AvgIpc) is 3.12. The largest absolute Gasteiger partial charge is 0.497 e. The van der Waals surface area contributed by atoms with Gasteiger partial charge in [-0.1, -0.05) is 12.1 Å². The summed E-state index contributed by atoms with van der Waals surface area (Å²) in [6, 6.07) is 14.0. The molecule has 0 fully saturated rings. The summed E-state index contributed by atoms with van der Waals surface area (Å²) in [6.07, 6.45) is 7.43. The lowest BCUT2D eigenvalue weighted by Gasteiger charge is -2.14. The van der Waals surface area contributed by atoms with Crippen molar-refractivity contribution in [2.45, 2.75) is 4.90 Å². The van der Waals surface area contributed by atoms with Crippen LogP contribution in [0.1, 0.15) is 0 Å². The first-order chi connectivity index (χ1) is 13.7. The number of hydrogen-bond donors (Lipinski definition) is 1. The maximum atomic E-state index is 5.52. The summed E-state index contributed by atoms with van der Waals surface area (Å²) in [6.45, 7) is 0. The van der Waals surface area contributed by atoms with Gasteiger partial charge in [0.15, 0.2) is 5.65 Å². The minimum atomic E-state index is 0.716. The van der Waals surface area contributed by atoms with E-state index >= 15 is 0 Å². The maximum Gasteiger partial charge on any atom is 0.157 e. The van der Waals surface area contributed by atoms with Crippen molar-refractivity contribution in [2.75, 3.05) is 25.8 Å². The Balaban J connectivity index is 1.86. The molecular formula is C21H20N4O2S. The van der Waals surface area contributed by atoms with Gasteiger partial charge in [0.1, 0.15) is 23.0 Å². The number of hydrogen-bond acceptors (Lipinski definition) is 6. The van der Waals surface area contributed by atoms with Crippen molar-refractivity contribution < 1.29 is 9.47 Å². The van der Waals surface area contributed by atoms with Crippen LogP contribution in [0, 0.1) is 0 Å². The first-order valence-corrected chi connectivity index (χ1v) is 9.91. The molecule has 7 heteroatoms. The predicted molar refractivity (Wildman–Crippen MR) is 113 cm³/mol. The van der Waals surface area contributed by atoms with Crippen molar-refractivity contribution in [2.24, 2.45) is 0 Å². The molecule has 0 aliphatic rings. The molecule has 0 saturated heterocycles. The normalized spacial score (nSPS) is 10.8. The molecule has 2 aromatic carbocycles. The minimum absolute atomic E-state index is 0.716. The Hall–Kier alpha value is -3.19. The van der Waals surface area contributed by atoms with Gasteiger partial charge in [-0.2, -0.15) is 0 Å². The quantitative estimate of drug-likeness (QED) is 0.472. The van der Waals surface area contributed by atoms with Gasteiger partial charge in [0.25, 0.3) is 0 Å². The lowest BCUT2D eigenvalue weighted by atomic mass is 10.1. The molecule has 0 amide bonds. The van der Waals surface area contributed by atoms with E-state index in [1.165, 1.54) is 4.90 Å². The molecule has 4 aromatic rings. The topological polar surface area (TPSA) is 60.7 Å². The Morgan fingerprint density at radius 3 is 2.57 bits per heavy atom. The van der Waals surface area contributed by atoms with E-state index in [1.807, 2.05) is 28.8 Å². The molecule has 0 saturated carbocycles. The van der Waals surface area contributed by atoms with Gasteiger partial charge in [-0.15, -0.1) is 11.8 Å². The number of aromatic nitrogens is 3. The fourth-order valence-electron chi connectivity index (χ4n) is 3.02. The number of fused-ring (bicyclic) bond motifs is 1. The van der Waals surface area contributed by atoms with E-state index in [4.69, 9.17) is 14.5 Å². The predicted octanol–water partition coefficient (Wildman–Crippen LogP) is 4.88. The summed E-state index contributed by atoms with van der Waals surface area (Å²) < 4.78 is 12.9. The summed E-state index contributed by atoms with van der Waals surface area (Å²) in [5.74, 6) is 2.29. The molecule has 2 heterocycles. The zero-order valence-corrected chi connectivity index (χ0v) is 16.7. The highest BCUT2D eigenvalue weighted by Crippen LogP contribution is 2.36. The third-order valence-electron chi connectivity index (χ3n) is 4.45. The molecule has 0 unspecified atom stereocenters. The zero-order valence-electron chi connectivity index (χ0n) is 15.8. The van der Waals surface area contributed by atoms with Crippen molar-refractivity contribution in [1.29, 1.82) is 0 Å². The van der Waals surface area contributed by atoms with Gasteiger partial charge in [0.05, 0.1) is 26.1 Å². The minimum Gasteiger partial charge on any atom is -0.497 e. The molecule has 0 radical (unpaired) electrons. The van der Waals surface area contributed by atoms with Gasteiger partial charge in [-0.3, -0.25) is 9.38 Å². The van der Waals surface area contributed by atoms with Crippen molar-refractivity contribution in [3.05, 3.63) is 61.1 Å². The number of ether oxygens (including phenoxy) is 2. The van der Waals surface area contributed by atoms with E-state index in [9.17, 15) is 0 Å². The number of nitrogens with one attached hydrogen (secondary N) is 1. The van der Waals surface area contributed by atoms with Crippen LogP contribution in [0.4, 0.5) is 11.5 Å². The first kappa shape index (κ1) is 18.2. The van der Waals surface area contributed by atoms with Gasteiger partial charge < -0.3 is 14.8 Å². The highest BCUT2D eigenvalue weighted by atomic mass is 32.2. The summed E-state index contributed by atoms with van der Waals surface area (Å²) >= 11 is 1.71. The van der Waals surface area contributed by atoms with E-state index < -0.39 is 0 Å². The summed E-state index contributed by atoms with van der Waals surface area (Å²) in [5.41, 5.74) is 3.41. The molecule has 2 aromatic heterocycles. The van der Waals surface area contributed by atoms with Gasteiger partial charge in [-0.25, -0.2) is 4.98 Å². The Kier molecular flexibility index (Phi) is 5.08. The monoisotopic (exact) mass is 392 g/mol. The van der Waals surface area contributed by atoms with Gasteiger partial charge >= 0.3 is 0 Å². The SMILES string of the molecule is COc1ccc(OC)c(Nc2c(-c3ccc(SC)cc3)nc3cnccn23)c1. The number of imidazole rings is 1. The third-order valence-corrected chi connectivity index (χ3v) is 5.20. The maximum absolute atomic E-state index is 5.52. The third kappa shape index (κ3) is 3.36. The number of benzene rings is 2. The number of nitrogens with zero attached hydrogens (tertiary/aromatic N) is 3. The smallest absolute Gasteiger partial charge is 0.157 e. The first-order valence-electron chi connectivity index (χ1n) is 8.69. The fraction of sp³-hybridized carbons (Fsp3) is 0.143. The van der Waals surface area contributed by atoms with Crippen molar-refractivity contribution in [1.82, 2.24) is 14.4 Å². The molecular weight excluding hydrogens is 372 g/mol. The number of methoxy groups -OCH3 is 2. The lowest BCUT2D eigenvalue weighted by Crippen LogP contribution is -2.00. The van der Waals surface area contributed by atoms with Gasteiger partial charge in [0.2, 0.25) is 0 Å². The zero-order chi connectivity index (χ0) is 19.5. The van der Waals surface area contributed by atoms with Crippen LogP contribution in [-0.4, -0.2) is 34.8 Å². The van der Waals surface area contributed by atoms with E-state index in [1.54, 1.807) is 38.4 Å². The summed E-state index contributed by atoms with van der Waals surface area (Å²) in [7, 11) is 3.29. The fourth-order valence-corrected chi connectivity index (χ4v) is 3.42. The van der Waals surface area contributed by atoms with Crippen LogP contribution < -0.4 is 14.8 Å². The Morgan fingerprint density at radius 2 is 1.86 bits per heavy atom. The van der Waals surface area contributed by atoms with E-state index in [0.29, 0.717) is 5.75 Å². The molecule has 142 valence electrons. The van der Waals surface area contributed by atoms with Crippen LogP contribution in [-0.2, 0) is 0 Å². The van der Waals surface area contributed by atoms with Crippen LogP contribution in [0.5, 0.6) is 11.5 Å². The second kappa shape index (κ2) is 7.82. The van der Waals surface area contributed by atoms with Gasteiger partial charge in [0, 0.05) is 28.9 Å². The van der Waals surface area contributed by atoms with Crippen molar-refractivity contribution in [3.8, 4) is 22.8 Å². The molecule has 0 aliphatic carbocycles. The number of anilines is 2. The molecule has 0 spiro atoms. The highest BCUT2D eigenvalue weighted by Gasteiger charge is 2.16. The van der Waals surface area contributed by atoms with Crippen molar-refractivity contribution in [3.63, 3.8) is 0 Å². The van der Waals surface area contributed by atoms with Crippen LogP contribution in [0.15, 0.2) is 66.0 Å². The Labute approximate surface area is 167 Å². The average molecular weight is 392 g/mol. The standard InChI is InChI=1S/C21H20N4O2S/c1-26-15-6-9-18(27-2)17(12-15)23-21-20(14-4-7-16(28-3)8-5-14)24-19-13-22-10-11-25(19)21/h4-13,23H,1-3H3. The van der Waals surface area contributed by atoms with Crippen molar-refractivity contribution >= 4 is 28.9 Å². The second-order valence-electron chi connectivity index (χ2n) is 6.03. The lowest BCUT2D eigenvalue weighted by molar-refractivity contribution is 0.405. The second-order valence-corrected chi connectivity index (χ2v) is 6.91. The summed E-state index contributed by atoms with van der Waals surface area (Å²) in [5, 5.41) is 3.48. The molecule has 6 nitrogen and oxygen atoms in total. The van der Waals surface area contributed by atoms with Crippen LogP contribution in [0.3, 0.4) is 0 Å². The van der Waals surface area contributed by atoms with E-state index in [2.05, 4.69) is 40.8 Å². The molecule has 4 rings (SSSR count). The Morgan fingerprint density at radius 1 is 1.04 bits per heavy atom. The Bertz CT molecular complexity index is 1110. The van der Waals surface area contributed by atoms with Crippen LogP contribution in [0.25, 0.3) is 16.9 Å². The molecule has 0 bridgehead atoms. The summed E-state index contributed by atoms with van der Waals surface area (Å²) in [4.78, 5) is 10.2. The van der Waals surface area contributed by atoms with Crippen LogP contribution in [0.2, 0.25) is 0 Å². The van der Waals surface area contributed by atoms with Gasteiger partial charge in [-0.05, 0) is 30.5 Å². The number of thioether (sulfide) groups is 1. The van der Waals surface area contributed by atoms with E-state index in [0.717, 1.165) is 34.2 Å². The number of rotatable bonds is 6.